The molecular formula is C14H14ClNO6S. The second-order valence-corrected chi connectivity index (χ2v) is 5.81. The van der Waals surface area contributed by atoms with Crippen molar-refractivity contribution in [2.75, 3.05) is 0 Å². The maximum atomic E-state index is 10.6. The normalized spacial score (nSPS) is 10.6. The molecule has 0 radical (unpaired) electrons. The fraction of sp³-hybridized carbons (Fsp3) is 0.143. The van der Waals surface area contributed by atoms with E-state index in [9.17, 15) is 4.79 Å². The van der Waals surface area contributed by atoms with Crippen molar-refractivity contribution in [3.05, 3.63) is 52.7 Å². The molecule has 124 valence electrons. The molecule has 2 aromatic rings. The highest BCUT2D eigenvalue weighted by atomic mass is 35.5. The predicted octanol–water partition coefficient (Wildman–Crippen LogP) is 2.68. The molecule has 1 aromatic carbocycles. The zero-order valence-corrected chi connectivity index (χ0v) is 13.5. The number of rotatable bonds is 3. The number of aromatic nitrogens is 1. The summed E-state index contributed by atoms with van der Waals surface area (Å²) in [5.41, 5.74) is 3.26. The summed E-state index contributed by atoms with van der Waals surface area (Å²) in [6.07, 6.45) is 1.57. The highest BCUT2D eigenvalue weighted by molar-refractivity contribution is 7.79. The largest absolute Gasteiger partial charge is 0.481 e. The van der Waals surface area contributed by atoms with Crippen LogP contribution in [0.5, 0.6) is 0 Å². The molecule has 0 unspecified atom stereocenters. The van der Waals surface area contributed by atoms with Crippen molar-refractivity contribution in [2.45, 2.75) is 13.3 Å². The minimum Gasteiger partial charge on any atom is -0.481 e. The first-order valence-corrected chi connectivity index (χ1v) is 7.97. The topological polar surface area (TPSA) is 125 Å². The second kappa shape index (κ2) is 8.02. The van der Waals surface area contributed by atoms with Crippen LogP contribution in [-0.2, 0) is 21.6 Å². The first-order chi connectivity index (χ1) is 10.6. The van der Waals surface area contributed by atoms with Gasteiger partial charge in [-0.3, -0.25) is 18.9 Å². The van der Waals surface area contributed by atoms with Crippen LogP contribution in [0.2, 0.25) is 5.02 Å². The quantitative estimate of drug-likeness (QED) is 0.719. The summed E-state index contributed by atoms with van der Waals surface area (Å²) >= 11 is 6.12. The van der Waals surface area contributed by atoms with Crippen LogP contribution in [-0.4, -0.2) is 33.6 Å². The third-order valence-corrected chi connectivity index (χ3v) is 2.95. The Morgan fingerprint density at radius 2 is 1.83 bits per heavy atom. The highest BCUT2D eigenvalue weighted by Gasteiger charge is 2.09. The standard InChI is InChI=1S/C14H12ClNO2.H2O4S/c1-9-6-10(7-13(17)18)8-16-14(9)11-4-2-3-5-12(11)15;1-5(2,3)4/h2-6,8H,7H2,1H3,(H,17,18);(H2,1,2,3,4). The van der Waals surface area contributed by atoms with E-state index in [1.54, 1.807) is 6.20 Å². The highest BCUT2D eigenvalue weighted by Crippen LogP contribution is 2.28. The van der Waals surface area contributed by atoms with Crippen molar-refractivity contribution < 1.29 is 27.4 Å². The van der Waals surface area contributed by atoms with Crippen LogP contribution in [0.4, 0.5) is 0 Å². The number of carboxylic acids is 1. The maximum Gasteiger partial charge on any atom is 0.394 e. The van der Waals surface area contributed by atoms with Gasteiger partial charge in [0.05, 0.1) is 12.1 Å². The molecule has 0 aliphatic rings. The molecule has 23 heavy (non-hydrogen) atoms. The van der Waals surface area contributed by atoms with Gasteiger partial charge in [0.25, 0.3) is 0 Å². The number of carboxylic acid groups (broad SMARTS) is 1. The monoisotopic (exact) mass is 359 g/mol. The van der Waals surface area contributed by atoms with Gasteiger partial charge in [-0.05, 0) is 24.1 Å². The van der Waals surface area contributed by atoms with Crippen molar-refractivity contribution in [1.29, 1.82) is 0 Å². The number of aryl methyl sites for hydroxylation is 1. The predicted molar refractivity (Wildman–Crippen MR) is 84.9 cm³/mol. The summed E-state index contributed by atoms with van der Waals surface area (Å²) in [7, 11) is -4.67. The van der Waals surface area contributed by atoms with Crippen LogP contribution in [0, 0.1) is 6.92 Å². The van der Waals surface area contributed by atoms with E-state index in [0.717, 1.165) is 16.8 Å². The summed E-state index contributed by atoms with van der Waals surface area (Å²) in [5.74, 6) is -0.860. The molecule has 7 nitrogen and oxygen atoms in total. The average Bonchev–Trinajstić information content (AvgIpc) is 2.37. The van der Waals surface area contributed by atoms with E-state index < -0.39 is 16.4 Å². The number of hydrogen-bond donors (Lipinski definition) is 3. The summed E-state index contributed by atoms with van der Waals surface area (Å²) in [5, 5.41) is 9.38. The molecule has 9 heteroatoms. The fourth-order valence-corrected chi connectivity index (χ4v) is 2.06. The van der Waals surface area contributed by atoms with E-state index in [4.69, 9.17) is 34.2 Å². The Labute approximate surface area is 138 Å². The van der Waals surface area contributed by atoms with Crippen LogP contribution < -0.4 is 0 Å². The minimum atomic E-state index is -4.67. The molecule has 0 bridgehead atoms. The first-order valence-electron chi connectivity index (χ1n) is 6.20. The third kappa shape index (κ3) is 7.20. The van der Waals surface area contributed by atoms with Crippen molar-refractivity contribution in [1.82, 2.24) is 4.98 Å². The lowest BCUT2D eigenvalue weighted by Gasteiger charge is -2.08. The van der Waals surface area contributed by atoms with E-state index in [0.29, 0.717) is 10.6 Å². The minimum absolute atomic E-state index is 0.0172. The molecule has 0 aliphatic heterocycles. The van der Waals surface area contributed by atoms with Crippen LogP contribution in [0.1, 0.15) is 11.1 Å². The molecular weight excluding hydrogens is 346 g/mol. The van der Waals surface area contributed by atoms with Crippen LogP contribution >= 0.6 is 11.6 Å². The molecule has 0 saturated carbocycles. The summed E-state index contributed by atoms with van der Waals surface area (Å²) in [6, 6.07) is 9.30. The van der Waals surface area contributed by atoms with Gasteiger partial charge in [-0.25, -0.2) is 0 Å². The van der Waals surface area contributed by atoms with E-state index in [1.807, 2.05) is 37.3 Å². The molecule has 0 aliphatic carbocycles. The number of nitrogens with zero attached hydrogens (tertiary/aromatic N) is 1. The number of halogens is 1. The number of carbonyl (C=O) groups is 1. The zero-order valence-electron chi connectivity index (χ0n) is 12.0. The molecule has 1 heterocycles. The summed E-state index contributed by atoms with van der Waals surface area (Å²) in [6.45, 7) is 1.90. The smallest absolute Gasteiger partial charge is 0.394 e. The molecule has 0 spiro atoms. The van der Waals surface area contributed by atoms with Crippen LogP contribution in [0.3, 0.4) is 0 Å². The summed E-state index contributed by atoms with van der Waals surface area (Å²) in [4.78, 5) is 15.0. The van der Waals surface area contributed by atoms with Gasteiger partial charge in [0, 0.05) is 16.8 Å². The lowest BCUT2D eigenvalue weighted by molar-refractivity contribution is -0.136. The Morgan fingerprint density at radius 3 is 2.30 bits per heavy atom. The van der Waals surface area contributed by atoms with Gasteiger partial charge in [-0.15, -0.1) is 0 Å². The van der Waals surface area contributed by atoms with Gasteiger partial charge in [0.1, 0.15) is 0 Å². The molecule has 3 N–H and O–H groups in total. The third-order valence-electron chi connectivity index (χ3n) is 2.62. The Kier molecular flexibility index (Phi) is 6.64. The van der Waals surface area contributed by atoms with Gasteiger partial charge < -0.3 is 5.11 Å². The Balaban J connectivity index is 0.000000463. The van der Waals surface area contributed by atoms with Crippen molar-refractivity contribution >= 4 is 28.0 Å². The molecule has 0 atom stereocenters. The van der Waals surface area contributed by atoms with Gasteiger partial charge >= 0.3 is 16.4 Å². The Bertz CT molecular complexity index is 799. The fourth-order valence-electron chi connectivity index (χ4n) is 1.84. The van der Waals surface area contributed by atoms with Crippen molar-refractivity contribution in [3.63, 3.8) is 0 Å². The van der Waals surface area contributed by atoms with E-state index in [2.05, 4.69) is 4.98 Å². The molecule has 0 amide bonds. The van der Waals surface area contributed by atoms with Crippen molar-refractivity contribution in [2.24, 2.45) is 0 Å². The molecule has 2 rings (SSSR count). The van der Waals surface area contributed by atoms with E-state index in [-0.39, 0.29) is 6.42 Å². The van der Waals surface area contributed by atoms with Crippen molar-refractivity contribution in [3.8, 4) is 11.3 Å². The van der Waals surface area contributed by atoms with Crippen LogP contribution in [0.25, 0.3) is 11.3 Å². The number of hydrogen-bond acceptors (Lipinski definition) is 4. The number of benzene rings is 1. The molecule has 0 saturated heterocycles. The van der Waals surface area contributed by atoms with Gasteiger partial charge in [-0.2, -0.15) is 8.42 Å². The van der Waals surface area contributed by atoms with Gasteiger partial charge in [0.2, 0.25) is 0 Å². The molecule has 0 fully saturated rings. The lowest BCUT2D eigenvalue weighted by atomic mass is 10.0. The van der Waals surface area contributed by atoms with Crippen LogP contribution in [0.15, 0.2) is 36.5 Å². The number of pyridine rings is 1. The van der Waals surface area contributed by atoms with Gasteiger partial charge in [0.15, 0.2) is 0 Å². The second-order valence-electron chi connectivity index (χ2n) is 4.51. The summed E-state index contributed by atoms with van der Waals surface area (Å²) < 4.78 is 31.6. The maximum absolute atomic E-state index is 10.6. The average molecular weight is 360 g/mol. The van der Waals surface area contributed by atoms with E-state index in [1.165, 1.54) is 0 Å². The molecule has 1 aromatic heterocycles. The SMILES string of the molecule is Cc1cc(CC(=O)O)cnc1-c1ccccc1Cl.O=S(=O)(O)O. The number of aliphatic carboxylic acids is 1. The Hall–Kier alpha value is -2.00. The van der Waals surface area contributed by atoms with Gasteiger partial charge in [-0.1, -0.05) is 35.9 Å². The first kappa shape index (κ1) is 19.0. The van der Waals surface area contributed by atoms with E-state index >= 15 is 0 Å². The zero-order chi connectivity index (χ0) is 17.6. The Morgan fingerprint density at radius 1 is 1.26 bits per heavy atom. The lowest BCUT2D eigenvalue weighted by Crippen LogP contribution is -2.01.